The number of nitrogens with zero attached hydrogens (tertiary/aromatic N) is 1. The van der Waals surface area contributed by atoms with Gasteiger partial charge in [0, 0.05) is 17.8 Å². The van der Waals surface area contributed by atoms with Gasteiger partial charge in [0.2, 0.25) is 0 Å². The second-order valence-electron chi connectivity index (χ2n) is 3.79. The van der Waals surface area contributed by atoms with Gasteiger partial charge in [0.15, 0.2) is 17.5 Å². The molecule has 6 heteroatoms. The number of nitrogen functional groups attached to an aromatic ring is 1. The molecule has 0 heterocycles. The average Bonchev–Trinajstić information content (AvgIpc) is 2.38. The molecule has 2 aromatic rings. The van der Waals surface area contributed by atoms with Crippen LogP contribution in [-0.4, -0.2) is 0 Å². The van der Waals surface area contributed by atoms with E-state index in [0.29, 0.717) is 11.3 Å². The van der Waals surface area contributed by atoms with Gasteiger partial charge >= 0.3 is 0 Å². The zero-order valence-electron chi connectivity index (χ0n) is 9.55. The molecular weight excluding hydrogens is 255 g/mol. The number of rotatable bonds is 2. The minimum Gasteiger partial charge on any atom is -0.397 e. The molecule has 0 aliphatic carbocycles. The van der Waals surface area contributed by atoms with Gasteiger partial charge in [0.1, 0.15) is 0 Å². The first-order chi connectivity index (χ1) is 9.01. The molecule has 0 saturated carbocycles. The summed E-state index contributed by atoms with van der Waals surface area (Å²) in [7, 11) is 0. The lowest BCUT2D eigenvalue weighted by Gasteiger charge is -2.10. The first-order valence-electron chi connectivity index (χ1n) is 5.22. The van der Waals surface area contributed by atoms with E-state index < -0.39 is 17.5 Å². The quantitative estimate of drug-likeness (QED) is 0.645. The molecule has 2 aromatic carbocycles. The van der Waals surface area contributed by atoms with Gasteiger partial charge < -0.3 is 11.1 Å². The highest BCUT2D eigenvalue weighted by Gasteiger charge is 2.11. The van der Waals surface area contributed by atoms with E-state index in [2.05, 4.69) is 5.32 Å². The Morgan fingerprint density at radius 2 is 1.68 bits per heavy atom. The molecule has 0 aliphatic heterocycles. The number of nitrogens with two attached hydrogens (primary N) is 1. The second kappa shape index (κ2) is 4.90. The Morgan fingerprint density at radius 3 is 2.21 bits per heavy atom. The highest BCUT2D eigenvalue weighted by molar-refractivity contribution is 5.73. The van der Waals surface area contributed by atoms with Crippen molar-refractivity contribution in [3.8, 4) is 6.07 Å². The number of hydrogen-bond donors (Lipinski definition) is 2. The van der Waals surface area contributed by atoms with Crippen molar-refractivity contribution in [2.45, 2.75) is 0 Å². The third kappa shape index (κ3) is 2.60. The van der Waals surface area contributed by atoms with Gasteiger partial charge in [0.25, 0.3) is 0 Å². The standard InChI is InChI=1S/C13H8F3N3/c14-9-4-8(5-10(15)13(9)16)19-12-2-1-7(6-17)3-11(12)18/h1-5,19H,18H2. The normalized spacial score (nSPS) is 10.0. The van der Waals surface area contributed by atoms with Crippen molar-refractivity contribution in [2.75, 3.05) is 11.1 Å². The summed E-state index contributed by atoms with van der Waals surface area (Å²) in [4.78, 5) is 0. The fourth-order valence-corrected chi connectivity index (χ4v) is 1.53. The summed E-state index contributed by atoms with van der Waals surface area (Å²) in [6.45, 7) is 0. The van der Waals surface area contributed by atoms with Crippen LogP contribution in [0.3, 0.4) is 0 Å². The molecule has 0 aliphatic rings. The summed E-state index contributed by atoms with van der Waals surface area (Å²) >= 11 is 0. The smallest absolute Gasteiger partial charge is 0.194 e. The number of nitriles is 1. The summed E-state index contributed by atoms with van der Waals surface area (Å²) in [5.74, 6) is -4.12. The van der Waals surface area contributed by atoms with Crippen LogP contribution in [0, 0.1) is 28.8 Å². The average molecular weight is 263 g/mol. The first-order valence-corrected chi connectivity index (χ1v) is 5.22. The van der Waals surface area contributed by atoms with Gasteiger partial charge in [-0.25, -0.2) is 13.2 Å². The van der Waals surface area contributed by atoms with E-state index >= 15 is 0 Å². The Bertz CT molecular complexity index is 654. The summed E-state index contributed by atoms with van der Waals surface area (Å²) in [6.07, 6.45) is 0. The maximum Gasteiger partial charge on any atom is 0.194 e. The fraction of sp³-hybridized carbons (Fsp3) is 0. The Labute approximate surface area is 107 Å². The molecule has 96 valence electrons. The van der Waals surface area contributed by atoms with E-state index in [1.807, 2.05) is 6.07 Å². The maximum absolute atomic E-state index is 13.0. The van der Waals surface area contributed by atoms with Crippen LogP contribution >= 0.6 is 0 Å². The monoisotopic (exact) mass is 263 g/mol. The van der Waals surface area contributed by atoms with E-state index in [-0.39, 0.29) is 11.4 Å². The Hall–Kier alpha value is -2.68. The van der Waals surface area contributed by atoms with E-state index in [9.17, 15) is 13.2 Å². The molecule has 0 bridgehead atoms. The number of nitrogens with one attached hydrogen (secondary N) is 1. The molecule has 19 heavy (non-hydrogen) atoms. The molecule has 0 saturated heterocycles. The van der Waals surface area contributed by atoms with Crippen LogP contribution in [0.2, 0.25) is 0 Å². The largest absolute Gasteiger partial charge is 0.397 e. The zero-order chi connectivity index (χ0) is 14.0. The third-order valence-electron chi connectivity index (χ3n) is 2.44. The molecule has 0 unspecified atom stereocenters. The number of anilines is 3. The van der Waals surface area contributed by atoms with Crippen molar-refractivity contribution in [1.29, 1.82) is 5.26 Å². The molecule has 0 radical (unpaired) electrons. The molecule has 3 nitrogen and oxygen atoms in total. The van der Waals surface area contributed by atoms with Crippen molar-refractivity contribution in [3.05, 3.63) is 53.3 Å². The van der Waals surface area contributed by atoms with Gasteiger partial charge in [0.05, 0.1) is 23.0 Å². The fourth-order valence-electron chi connectivity index (χ4n) is 1.53. The Kier molecular flexibility index (Phi) is 3.29. The highest BCUT2D eigenvalue weighted by atomic mass is 19.2. The molecule has 0 aromatic heterocycles. The van der Waals surface area contributed by atoms with Gasteiger partial charge in [-0.2, -0.15) is 5.26 Å². The third-order valence-corrected chi connectivity index (χ3v) is 2.44. The molecule has 0 spiro atoms. The summed E-state index contributed by atoms with van der Waals surface area (Å²) < 4.78 is 38.9. The molecule has 3 N–H and O–H groups in total. The van der Waals surface area contributed by atoms with Crippen LogP contribution in [0.15, 0.2) is 30.3 Å². The lowest BCUT2D eigenvalue weighted by Crippen LogP contribution is -1.99. The first kappa shape index (κ1) is 12.8. The lowest BCUT2D eigenvalue weighted by molar-refractivity contribution is 0.448. The van der Waals surface area contributed by atoms with Crippen molar-refractivity contribution in [2.24, 2.45) is 0 Å². The van der Waals surface area contributed by atoms with Crippen LogP contribution in [0.25, 0.3) is 0 Å². The van der Waals surface area contributed by atoms with Crippen LogP contribution in [0.5, 0.6) is 0 Å². The Morgan fingerprint density at radius 1 is 1.05 bits per heavy atom. The predicted octanol–water partition coefficient (Wildman–Crippen LogP) is 3.30. The van der Waals surface area contributed by atoms with Gasteiger partial charge in [-0.05, 0) is 18.2 Å². The second-order valence-corrected chi connectivity index (χ2v) is 3.79. The maximum atomic E-state index is 13.0. The molecule has 0 fully saturated rings. The van der Waals surface area contributed by atoms with E-state index in [1.54, 1.807) is 0 Å². The molecule has 0 amide bonds. The minimum absolute atomic E-state index is 0.0211. The van der Waals surface area contributed by atoms with E-state index in [0.717, 1.165) is 12.1 Å². The SMILES string of the molecule is N#Cc1ccc(Nc2cc(F)c(F)c(F)c2)c(N)c1. The summed E-state index contributed by atoms with van der Waals surface area (Å²) in [5.41, 5.74) is 6.66. The van der Waals surface area contributed by atoms with Gasteiger partial charge in [-0.3, -0.25) is 0 Å². The van der Waals surface area contributed by atoms with Crippen molar-refractivity contribution in [1.82, 2.24) is 0 Å². The van der Waals surface area contributed by atoms with Gasteiger partial charge in [-0.1, -0.05) is 0 Å². The van der Waals surface area contributed by atoms with Crippen molar-refractivity contribution in [3.63, 3.8) is 0 Å². The lowest BCUT2D eigenvalue weighted by atomic mass is 10.2. The number of hydrogen-bond acceptors (Lipinski definition) is 3. The molecule has 2 rings (SSSR count). The zero-order valence-corrected chi connectivity index (χ0v) is 9.55. The Balaban J connectivity index is 2.34. The van der Waals surface area contributed by atoms with Crippen LogP contribution in [0.1, 0.15) is 5.56 Å². The number of benzene rings is 2. The van der Waals surface area contributed by atoms with E-state index in [4.69, 9.17) is 11.0 Å². The van der Waals surface area contributed by atoms with Crippen LogP contribution in [0.4, 0.5) is 30.2 Å². The highest BCUT2D eigenvalue weighted by Crippen LogP contribution is 2.26. The van der Waals surface area contributed by atoms with E-state index in [1.165, 1.54) is 18.2 Å². The predicted molar refractivity (Wildman–Crippen MR) is 65.2 cm³/mol. The van der Waals surface area contributed by atoms with Crippen molar-refractivity contribution >= 4 is 17.1 Å². The topological polar surface area (TPSA) is 61.8 Å². The molecule has 0 atom stereocenters. The number of halogens is 3. The van der Waals surface area contributed by atoms with Crippen LogP contribution < -0.4 is 11.1 Å². The van der Waals surface area contributed by atoms with Gasteiger partial charge in [-0.15, -0.1) is 0 Å². The summed E-state index contributed by atoms with van der Waals surface area (Å²) in [5, 5.41) is 11.3. The minimum atomic E-state index is -1.53. The van der Waals surface area contributed by atoms with Crippen LogP contribution in [-0.2, 0) is 0 Å². The molecular formula is C13H8F3N3. The van der Waals surface area contributed by atoms with Crippen molar-refractivity contribution < 1.29 is 13.2 Å². The summed E-state index contributed by atoms with van der Waals surface area (Å²) in [6, 6.07) is 7.94.